The van der Waals surface area contributed by atoms with Crippen LogP contribution < -0.4 is 5.32 Å². The topological polar surface area (TPSA) is 37.8 Å². The van der Waals surface area contributed by atoms with Gasteiger partial charge in [0.05, 0.1) is 5.02 Å². The fourth-order valence-corrected chi connectivity index (χ4v) is 3.18. The van der Waals surface area contributed by atoms with Crippen LogP contribution in [0.2, 0.25) is 5.02 Å². The SMILES string of the molecule is CCCNc1ncnc(Sc2ccccc2Cl)c1CCC. The summed E-state index contributed by atoms with van der Waals surface area (Å²) in [5, 5.41) is 5.13. The molecule has 0 bridgehead atoms. The standard InChI is InChI=1S/C16H20ClN3S/c1-3-7-12-15(18-10-4-2)19-11-20-16(12)21-14-9-6-5-8-13(14)17/h5-6,8-9,11H,3-4,7,10H2,1-2H3,(H,18,19,20). The second-order valence-electron chi connectivity index (χ2n) is 4.72. The lowest BCUT2D eigenvalue weighted by Gasteiger charge is -2.13. The summed E-state index contributed by atoms with van der Waals surface area (Å²) >= 11 is 7.85. The molecule has 1 aromatic carbocycles. The van der Waals surface area contributed by atoms with Crippen molar-refractivity contribution in [2.75, 3.05) is 11.9 Å². The molecule has 112 valence electrons. The lowest BCUT2D eigenvalue weighted by Crippen LogP contribution is -2.07. The van der Waals surface area contributed by atoms with E-state index < -0.39 is 0 Å². The van der Waals surface area contributed by atoms with E-state index >= 15 is 0 Å². The Morgan fingerprint density at radius 2 is 1.95 bits per heavy atom. The number of nitrogens with zero attached hydrogens (tertiary/aromatic N) is 2. The normalized spacial score (nSPS) is 10.6. The van der Waals surface area contributed by atoms with Gasteiger partial charge in [0.1, 0.15) is 17.2 Å². The van der Waals surface area contributed by atoms with E-state index in [0.717, 1.165) is 46.6 Å². The van der Waals surface area contributed by atoms with Gasteiger partial charge in [-0.3, -0.25) is 0 Å². The Kier molecular flexibility index (Phi) is 6.33. The molecular formula is C16H20ClN3S. The highest BCUT2D eigenvalue weighted by Gasteiger charge is 2.13. The third-order valence-corrected chi connectivity index (χ3v) is 4.55. The Labute approximate surface area is 135 Å². The third-order valence-electron chi connectivity index (χ3n) is 2.99. The lowest BCUT2D eigenvalue weighted by molar-refractivity contribution is 0.849. The number of hydrogen-bond donors (Lipinski definition) is 1. The highest BCUT2D eigenvalue weighted by molar-refractivity contribution is 7.99. The Balaban J connectivity index is 2.31. The van der Waals surface area contributed by atoms with Crippen molar-refractivity contribution >= 4 is 29.2 Å². The Morgan fingerprint density at radius 1 is 1.14 bits per heavy atom. The highest BCUT2D eigenvalue weighted by Crippen LogP contribution is 2.35. The molecule has 3 nitrogen and oxygen atoms in total. The number of rotatable bonds is 7. The molecule has 0 saturated heterocycles. The molecule has 0 fully saturated rings. The van der Waals surface area contributed by atoms with Gasteiger partial charge < -0.3 is 5.32 Å². The number of aromatic nitrogens is 2. The lowest BCUT2D eigenvalue weighted by atomic mass is 10.2. The first-order chi connectivity index (χ1) is 10.3. The molecule has 1 N–H and O–H groups in total. The Morgan fingerprint density at radius 3 is 2.67 bits per heavy atom. The van der Waals surface area contributed by atoms with Crippen molar-refractivity contribution in [2.45, 2.75) is 43.0 Å². The smallest absolute Gasteiger partial charge is 0.133 e. The molecule has 2 aromatic rings. The van der Waals surface area contributed by atoms with E-state index in [1.54, 1.807) is 18.1 Å². The van der Waals surface area contributed by atoms with Crippen LogP contribution in [0.25, 0.3) is 0 Å². The maximum atomic E-state index is 6.25. The van der Waals surface area contributed by atoms with Crippen molar-refractivity contribution in [3.8, 4) is 0 Å². The van der Waals surface area contributed by atoms with Crippen LogP contribution in [0, 0.1) is 0 Å². The van der Waals surface area contributed by atoms with Crippen molar-refractivity contribution in [2.24, 2.45) is 0 Å². The third kappa shape index (κ3) is 4.35. The van der Waals surface area contributed by atoms with Crippen LogP contribution >= 0.6 is 23.4 Å². The second-order valence-corrected chi connectivity index (χ2v) is 6.15. The van der Waals surface area contributed by atoms with Gasteiger partial charge in [-0.05, 0) is 25.0 Å². The van der Waals surface area contributed by atoms with Crippen molar-refractivity contribution in [1.82, 2.24) is 9.97 Å². The molecule has 0 saturated carbocycles. The predicted octanol–water partition coefficient (Wildman–Crippen LogP) is 5.06. The number of halogens is 1. The van der Waals surface area contributed by atoms with Gasteiger partial charge in [-0.15, -0.1) is 0 Å². The molecule has 0 aliphatic carbocycles. The molecule has 1 heterocycles. The summed E-state index contributed by atoms with van der Waals surface area (Å²) < 4.78 is 0. The van der Waals surface area contributed by atoms with Crippen molar-refractivity contribution in [3.05, 3.63) is 41.2 Å². The molecule has 2 rings (SSSR count). The number of hydrogen-bond acceptors (Lipinski definition) is 4. The highest BCUT2D eigenvalue weighted by atomic mass is 35.5. The summed E-state index contributed by atoms with van der Waals surface area (Å²) in [6.07, 6.45) is 4.71. The fourth-order valence-electron chi connectivity index (χ4n) is 1.99. The van der Waals surface area contributed by atoms with E-state index in [2.05, 4.69) is 29.1 Å². The number of benzene rings is 1. The molecule has 0 unspecified atom stereocenters. The zero-order valence-corrected chi connectivity index (χ0v) is 14.0. The van der Waals surface area contributed by atoms with Gasteiger partial charge >= 0.3 is 0 Å². The number of anilines is 1. The van der Waals surface area contributed by atoms with Crippen LogP contribution in [-0.2, 0) is 6.42 Å². The van der Waals surface area contributed by atoms with Gasteiger partial charge in [-0.2, -0.15) is 0 Å². The molecular weight excluding hydrogens is 302 g/mol. The van der Waals surface area contributed by atoms with Crippen LogP contribution in [0.4, 0.5) is 5.82 Å². The van der Waals surface area contributed by atoms with Crippen LogP contribution in [0.15, 0.2) is 40.5 Å². The minimum atomic E-state index is 0.756. The summed E-state index contributed by atoms with van der Waals surface area (Å²) in [4.78, 5) is 9.87. The zero-order chi connectivity index (χ0) is 15.1. The van der Waals surface area contributed by atoms with Crippen molar-refractivity contribution < 1.29 is 0 Å². The largest absolute Gasteiger partial charge is 0.370 e. The molecule has 5 heteroatoms. The second kappa shape index (κ2) is 8.25. The van der Waals surface area contributed by atoms with Crippen LogP contribution in [0.1, 0.15) is 32.3 Å². The van der Waals surface area contributed by atoms with Crippen LogP contribution in [-0.4, -0.2) is 16.5 Å². The average molecular weight is 322 g/mol. The van der Waals surface area contributed by atoms with E-state index in [-0.39, 0.29) is 0 Å². The van der Waals surface area contributed by atoms with Gasteiger partial charge in [0, 0.05) is 17.0 Å². The van der Waals surface area contributed by atoms with E-state index in [1.165, 1.54) is 5.56 Å². The molecule has 0 radical (unpaired) electrons. The maximum absolute atomic E-state index is 6.25. The van der Waals surface area contributed by atoms with Gasteiger partial charge in [0.15, 0.2) is 0 Å². The fraction of sp³-hybridized carbons (Fsp3) is 0.375. The quantitative estimate of drug-likeness (QED) is 0.724. The first-order valence-electron chi connectivity index (χ1n) is 7.26. The summed E-state index contributed by atoms with van der Waals surface area (Å²) in [5.74, 6) is 0.947. The minimum absolute atomic E-state index is 0.756. The first kappa shape index (κ1) is 16.1. The molecule has 0 spiro atoms. The van der Waals surface area contributed by atoms with Gasteiger partial charge in [0.25, 0.3) is 0 Å². The number of nitrogens with one attached hydrogen (secondary N) is 1. The van der Waals surface area contributed by atoms with Crippen molar-refractivity contribution in [1.29, 1.82) is 0 Å². The average Bonchev–Trinajstić information content (AvgIpc) is 2.50. The Bertz CT molecular complexity index is 589. The molecule has 1 aromatic heterocycles. The zero-order valence-electron chi connectivity index (χ0n) is 12.4. The van der Waals surface area contributed by atoms with E-state index in [9.17, 15) is 0 Å². The van der Waals surface area contributed by atoms with Crippen molar-refractivity contribution in [3.63, 3.8) is 0 Å². The maximum Gasteiger partial charge on any atom is 0.133 e. The summed E-state index contributed by atoms with van der Waals surface area (Å²) in [5.41, 5.74) is 1.18. The molecule has 21 heavy (non-hydrogen) atoms. The van der Waals surface area contributed by atoms with Crippen LogP contribution in [0.5, 0.6) is 0 Å². The van der Waals surface area contributed by atoms with E-state index in [1.807, 2.05) is 24.3 Å². The van der Waals surface area contributed by atoms with Gasteiger partial charge in [-0.1, -0.05) is 55.8 Å². The molecule has 0 atom stereocenters. The van der Waals surface area contributed by atoms with E-state index in [4.69, 9.17) is 11.6 Å². The predicted molar refractivity (Wildman–Crippen MR) is 90.4 cm³/mol. The van der Waals surface area contributed by atoms with E-state index in [0.29, 0.717) is 0 Å². The summed E-state index contributed by atoms with van der Waals surface area (Å²) in [6, 6.07) is 7.85. The van der Waals surface area contributed by atoms with Gasteiger partial charge in [-0.25, -0.2) is 9.97 Å². The minimum Gasteiger partial charge on any atom is -0.370 e. The molecule has 0 aliphatic rings. The van der Waals surface area contributed by atoms with Gasteiger partial charge in [0.2, 0.25) is 0 Å². The summed E-state index contributed by atoms with van der Waals surface area (Å²) in [7, 11) is 0. The molecule has 0 amide bonds. The van der Waals surface area contributed by atoms with Crippen LogP contribution in [0.3, 0.4) is 0 Å². The Hall–Kier alpha value is -1.26. The first-order valence-corrected chi connectivity index (χ1v) is 8.45. The molecule has 0 aliphatic heterocycles. The summed E-state index contributed by atoms with van der Waals surface area (Å²) in [6.45, 7) is 5.23. The monoisotopic (exact) mass is 321 g/mol.